The number of nitrogens with zero attached hydrogens (tertiary/aromatic N) is 1. The zero-order valence-corrected chi connectivity index (χ0v) is 23.1. The van der Waals surface area contributed by atoms with Crippen LogP contribution in [-0.4, -0.2) is 30.8 Å². The Bertz CT molecular complexity index is 1270. The first kappa shape index (κ1) is 25.6. The number of halogens is 1. The van der Waals surface area contributed by atoms with Crippen molar-refractivity contribution in [3.05, 3.63) is 52.6 Å². The first-order valence-electron chi connectivity index (χ1n) is 14.8. The molecular weight excluding hydrogens is 473 g/mol. The van der Waals surface area contributed by atoms with Gasteiger partial charge in [0.15, 0.2) is 11.6 Å². The van der Waals surface area contributed by atoms with Crippen molar-refractivity contribution < 1.29 is 14.0 Å². The molecule has 6 rings (SSSR count). The standard InChI is InChI=1S/C34H40FNO2/c1-4-15-34(31(38)5-2)16-14-29-27-20-30(35)26-19-24(37)12-13-25(26)32(27)28(21-33(29,34)3)22-8-10-23(11-9-22)36-17-6-7-18-36/h8-11,19,27-30H,5-7,12-14,16-18,20-21H2,1-3H3/t27-,28+,29-,30?,33-,34+/m0/s1. The lowest BCUT2D eigenvalue weighted by Gasteiger charge is -2.55. The summed E-state index contributed by atoms with van der Waals surface area (Å²) >= 11 is 0. The van der Waals surface area contributed by atoms with Gasteiger partial charge in [-0.15, -0.1) is 5.92 Å². The predicted octanol–water partition coefficient (Wildman–Crippen LogP) is 7.12. The Morgan fingerprint density at radius 2 is 1.89 bits per heavy atom. The smallest absolute Gasteiger partial charge is 0.156 e. The van der Waals surface area contributed by atoms with Crippen LogP contribution < -0.4 is 4.90 Å². The first-order valence-corrected chi connectivity index (χ1v) is 14.8. The first-order chi connectivity index (χ1) is 18.3. The lowest BCUT2D eigenvalue weighted by atomic mass is 9.48. The largest absolute Gasteiger partial charge is 0.372 e. The number of rotatable bonds is 4. The van der Waals surface area contributed by atoms with Crippen molar-refractivity contribution in [1.29, 1.82) is 0 Å². The maximum atomic E-state index is 15.8. The van der Waals surface area contributed by atoms with Crippen LogP contribution in [0.5, 0.6) is 0 Å². The Kier molecular flexibility index (Phi) is 6.41. The average molecular weight is 514 g/mol. The van der Waals surface area contributed by atoms with Crippen molar-refractivity contribution in [2.45, 2.75) is 90.6 Å². The second kappa shape index (κ2) is 9.51. The SMILES string of the molecule is CC#C[C@]1(C(=O)CC)CC[C@H]2[C@@H]3CC(F)C4=CC(=O)CCC4=C3[C@@H](c3ccc(N4CCCC4)cc3)C[C@@]21C. The Morgan fingerprint density at radius 1 is 1.16 bits per heavy atom. The van der Waals surface area contributed by atoms with Gasteiger partial charge < -0.3 is 4.90 Å². The topological polar surface area (TPSA) is 37.4 Å². The molecule has 0 N–H and O–H groups in total. The summed E-state index contributed by atoms with van der Waals surface area (Å²) in [6.45, 7) is 8.31. The minimum atomic E-state index is -1.11. The lowest BCUT2D eigenvalue weighted by Crippen LogP contribution is -2.51. The number of carbonyl (C=O) groups excluding carboxylic acids is 2. The summed E-state index contributed by atoms with van der Waals surface area (Å²) in [4.78, 5) is 28.4. The number of hydrogen-bond donors (Lipinski definition) is 0. The summed E-state index contributed by atoms with van der Waals surface area (Å²) in [5.41, 5.74) is 4.63. The third-order valence-corrected chi connectivity index (χ3v) is 10.8. The number of fused-ring (bicyclic) bond motifs is 4. The third-order valence-electron chi connectivity index (χ3n) is 10.8. The van der Waals surface area contributed by atoms with E-state index in [9.17, 15) is 9.59 Å². The molecule has 0 spiro atoms. The fraction of sp³-hybridized carbons (Fsp3) is 0.588. The fourth-order valence-corrected chi connectivity index (χ4v) is 9.10. The molecule has 1 aliphatic heterocycles. The van der Waals surface area contributed by atoms with Gasteiger partial charge in [0, 0.05) is 37.5 Å². The summed E-state index contributed by atoms with van der Waals surface area (Å²) in [7, 11) is 0. The predicted molar refractivity (Wildman–Crippen MR) is 150 cm³/mol. The van der Waals surface area contributed by atoms with E-state index >= 15 is 4.39 Å². The summed E-state index contributed by atoms with van der Waals surface area (Å²) in [5.74, 6) is 7.30. The highest BCUT2D eigenvalue weighted by Crippen LogP contribution is 2.70. The molecule has 200 valence electrons. The summed E-state index contributed by atoms with van der Waals surface area (Å²) in [6, 6.07) is 9.05. The van der Waals surface area contributed by atoms with E-state index in [4.69, 9.17) is 0 Å². The van der Waals surface area contributed by atoms with Gasteiger partial charge in [0.05, 0.1) is 5.41 Å². The zero-order valence-electron chi connectivity index (χ0n) is 23.1. The van der Waals surface area contributed by atoms with Gasteiger partial charge in [-0.2, -0.15) is 0 Å². The van der Waals surface area contributed by atoms with E-state index in [-0.39, 0.29) is 34.7 Å². The van der Waals surface area contributed by atoms with Gasteiger partial charge in [0.2, 0.25) is 0 Å². The van der Waals surface area contributed by atoms with Crippen LogP contribution in [0.2, 0.25) is 0 Å². The molecule has 3 fully saturated rings. The lowest BCUT2D eigenvalue weighted by molar-refractivity contribution is -0.132. The van der Waals surface area contributed by atoms with Crippen molar-refractivity contribution in [1.82, 2.24) is 0 Å². The van der Waals surface area contributed by atoms with Crippen molar-refractivity contribution in [3.8, 4) is 11.8 Å². The minimum absolute atomic E-state index is 0.0456. The molecule has 4 heteroatoms. The molecule has 5 aliphatic rings. The van der Waals surface area contributed by atoms with Gasteiger partial charge in [-0.3, -0.25) is 9.59 Å². The second-order valence-electron chi connectivity index (χ2n) is 12.5. The van der Waals surface area contributed by atoms with Gasteiger partial charge in [0.25, 0.3) is 0 Å². The molecule has 1 aromatic carbocycles. The van der Waals surface area contributed by atoms with Crippen LogP contribution in [0.25, 0.3) is 0 Å². The van der Waals surface area contributed by atoms with E-state index in [0.717, 1.165) is 37.9 Å². The molecule has 1 heterocycles. The molecule has 0 amide bonds. The second-order valence-corrected chi connectivity index (χ2v) is 12.5. The molecule has 38 heavy (non-hydrogen) atoms. The maximum absolute atomic E-state index is 15.8. The molecule has 1 saturated heterocycles. The Labute approximate surface area is 226 Å². The molecule has 1 aromatic rings. The maximum Gasteiger partial charge on any atom is 0.156 e. The molecule has 0 aromatic heterocycles. The highest BCUT2D eigenvalue weighted by molar-refractivity contribution is 5.93. The number of ketones is 2. The number of carbonyl (C=O) groups is 2. The van der Waals surface area contributed by atoms with E-state index in [1.807, 2.05) is 13.8 Å². The number of allylic oxidation sites excluding steroid dienone is 4. The molecule has 1 unspecified atom stereocenters. The minimum Gasteiger partial charge on any atom is -0.372 e. The van der Waals surface area contributed by atoms with Gasteiger partial charge in [-0.05, 0) is 104 Å². The van der Waals surface area contributed by atoms with E-state index < -0.39 is 11.6 Å². The number of anilines is 1. The molecule has 0 radical (unpaired) electrons. The molecule has 0 bridgehead atoms. The number of benzene rings is 1. The Morgan fingerprint density at radius 3 is 2.58 bits per heavy atom. The third kappa shape index (κ3) is 3.68. The van der Waals surface area contributed by atoms with Crippen LogP contribution in [0.1, 0.15) is 90.0 Å². The fourth-order valence-electron chi connectivity index (χ4n) is 9.10. The van der Waals surface area contributed by atoms with E-state index in [1.54, 1.807) is 6.08 Å². The van der Waals surface area contributed by atoms with Crippen LogP contribution in [0.4, 0.5) is 10.1 Å². The average Bonchev–Trinajstić information content (AvgIpc) is 3.56. The van der Waals surface area contributed by atoms with Gasteiger partial charge in [-0.25, -0.2) is 4.39 Å². The van der Waals surface area contributed by atoms with E-state index in [2.05, 4.69) is 47.9 Å². The number of hydrogen-bond acceptors (Lipinski definition) is 3. The van der Waals surface area contributed by atoms with Crippen molar-refractivity contribution in [3.63, 3.8) is 0 Å². The quantitative estimate of drug-likeness (QED) is 0.402. The molecule has 6 atom stereocenters. The number of Topliss-reactive ketones (excluding diaryl/α,β-unsaturated/α-hetero) is 1. The normalized spacial score (nSPS) is 36.2. The summed E-state index contributed by atoms with van der Waals surface area (Å²) in [5, 5.41) is 0. The highest BCUT2D eigenvalue weighted by Gasteiger charge is 2.65. The van der Waals surface area contributed by atoms with Crippen molar-refractivity contribution >= 4 is 17.3 Å². The van der Waals surface area contributed by atoms with Crippen LogP contribution in [0.15, 0.2) is 47.1 Å². The van der Waals surface area contributed by atoms with E-state index in [1.165, 1.54) is 29.7 Å². The van der Waals surface area contributed by atoms with Crippen LogP contribution in [0, 0.1) is 34.5 Å². The highest BCUT2D eigenvalue weighted by atomic mass is 19.1. The van der Waals surface area contributed by atoms with Crippen LogP contribution >= 0.6 is 0 Å². The van der Waals surface area contributed by atoms with Crippen LogP contribution in [-0.2, 0) is 9.59 Å². The Balaban J connectivity index is 1.51. The monoisotopic (exact) mass is 513 g/mol. The molecule has 3 nitrogen and oxygen atoms in total. The summed E-state index contributed by atoms with van der Waals surface area (Å²) in [6.07, 6.45) is 7.47. The molecule has 2 saturated carbocycles. The van der Waals surface area contributed by atoms with Crippen molar-refractivity contribution in [2.75, 3.05) is 18.0 Å². The van der Waals surface area contributed by atoms with Gasteiger partial charge >= 0.3 is 0 Å². The van der Waals surface area contributed by atoms with Crippen LogP contribution in [0.3, 0.4) is 0 Å². The van der Waals surface area contributed by atoms with E-state index in [0.29, 0.717) is 31.3 Å². The van der Waals surface area contributed by atoms with Gasteiger partial charge in [0.1, 0.15) is 6.17 Å². The number of alkyl halides is 1. The van der Waals surface area contributed by atoms with Gasteiger partial charge in [-0.1, -0.05) is 37.5 Å². The Hall–Kier alpha value is -2.67. The molecule has 4 aliphatic carbocycles. The van der Waals surface area contributed by atoms with Crippen molar-refractivity contribution in [2.24, 2.45) is 22.7 Å². The zero-order chi connectivity index (χ0) is 26.7. The summed E-state index contributed by atoms with van der Waals surface area (Å²) < 4.78 is 15.8. The molecular formula is C34H40FNO2.